The molecule has 55 heavy (non-hydrogen) atoms. The van der Waals surface area contributed by atoms with Gasteiger partial charge >= 0.3 is 30.7 Å². The molecule has 0 spiro atoms. The van der Waals surface area contributed by atoms with Crippen LogP contribution < -0.4 is 9.47 Å². The number of aliphatic hydroxyl groups is 2. The predicted octanol–water partition coefficient (Wildman–Crippen LogP) is 9.73. The third-order valence-electron chi connectivity index (χ3n) is 9.00. The first kappa shape index (κ1) is 42.6. The van der Waals surface area contributed by atoms with Crippen LogP contribution in [-0.2, 0) is 16.6 Å². The molecule has 2 atom stereocenters. The standard InChI is InChI=1S/C37H28F12O6/c1-19(50)20-5-11-24(12-6-20)33(36(44,45)46,37(47,48)49)25-13-7-21(8-14-25)30(51)55-29-16-10-23(18-27(29)32(3,53)35(41,42)43)22-9-15-28(54-4)26(17-22)31(2,52)34(38,39)40/h5-18,52-53H,1-4H3. The van der Waals surface area contributed by atoms with Gasteiger partial charge in [-0.1, -0.05) is 48.5 Å². The molecule has 4 rings (SSSR count). The van der Waals surface area contributed by atoms with Gasteiger partial charge in [0.05, 0.1) is 12.7 Å². The Bertz CT molecular complexity index is 2050. The Morgan fingerprint density at radius 2 is 0.891 bits per heavy atom. The van der Waals surface area contributed by atoms with E-state index in [4.69, 9.17) is 9.47 Å². The molecule has 0 fully saturated rings. The Labute approximate surface area is 303 Å². The van der Waals surface area contributed by atoms with Crippen molar-refractivity contribution in [1.82, 2.24) is 0 Å². The number of carbonyl (C=O) groups is 2. The van der Waals surface area contributed by atoms with Crippen LogP contribution in [0.3, 0.4) is 0 Å². The topological polar surface area (TPSA) is 93.1 Å². The summed E-state index contributed by atoms with van der Waals surface area (Å²) in [4.78, 5) is 24.7. The zero-order valence-electron chi connectivity index (χ0n) is 28.6. The number of ether oxygens (including phenoxy) is 2. The lowest BCUT2D eigenvalue weighted by Crippen LogP contribution is -2.54. The normalized spacial score (nSPS) is 15.2. The Morgan fingerprint density at radius 1 is 0.527 bits per heavy atom. The first-order chi connectivity index (χ1) is 25.0. The highest BCUT2D eigenvalue weighted by atomic mass is 19.4. The fourth-order valence-corrected chi connectivity index (χ4v) is 5.70. The monoisotopic (exact) mass is 796 g/mol. The summed E-state index contributed by atoms with van der Waals surface area (Å²) in [7, 11) is 0.999. The van der Waals surface area contributed by atoms with Crippen molar-refractivity contribution in [2.24, 2.45) is 0 Å². The van der Waals surface area contributed by atoms with E-state index in [1.165, 1.54) is 0 Å². The quantitative estimate of drug-likeness (QED) is 0.0759. The summed E-state index contributed by atoms with van der Waals surface area (Å²) in [5.41, 5.74) is -18.2. The van der Waals surface area contributed by atoms with E-state index in [-0.39, 0.29) is 23.6 Å². The molecule has 0 aromatic heterocycles. The van der Waals surface area contributed by atoms with Gasteiger partial charge in [-0.3, -0.25) is 4.79 Å². The molecular weight excluding hydrogens is 768 g/mol. The maximum atomic E-state index is 14.6. The van der Waals surface area contributed by atoms with Crippen molar-refractivity contribution in [3.63, 3.8) is 0 Å². The summed E-state index contributed by atoms with van der Waals surface area (Å²) in [5, 5.41) is 20.9. The number of Topliss-reactive ketones (excluding diaryl/α,β-unsaturated/α-hetero) is 1. The number of ketones is 1. The van der Waals surface area contributed by atoms with Crippen molar-refractivity contribution >= 4 is 11.8 Å². The van der Waals surface area contributed by atoms with Gasteiger partial charge in [0.25, 0.3) is 0 Å². The van der Waals surface area contributed by atoms with Crippen LogP contribution in [0.25, 0.3) is 11.1 Å². The van der Waals surface area contributed by atoms with Gasteiger partial charge in [-0.25, -0.2) is 4.79 Å². The zero-order chi connectivity index (χ0) is 41.7. The SMILES string of the molecule is COc1ccc(-c2ccc(OC(=O)c3ccc(C(c4ccc(C(C)=O)cc4)(C(F)(F)F)C(F)(F)F)cc3)c(C(C)(O)C(F)(F)F)c2)cc1C(C)(O)C(F)(F)F. The lowest BCUT2D eigenvalue weighted by Gasteiger charge is -2.38. The van der Waals surface area contributed by atoms with Gasteiger partial charge < -0.3 is 19.7 Å². The van der Waals surface area contributed by atoms with Crippen molar-refractivity contribution in [3.05, 3.63) is 118 Å². The van der Waals surface area contributed by atoms with Gasteiger partial charge in [-0.15, -0.1) is 0 Å². The van der Waals surface area contributed by atoms with Gasteiger partial charge in [0.2, 0.25) is 5.41 Å². The van der Waals surface area contributed by atoms with Crippen LogP contribution >= 0.6 is 0 Å². The largest absolute Gasteiger partial charge is 0.496 e. The second-order valence-electron chi connectivity index (χ2n) is 12.6. The first-order valence-electron chi connectivity index (χ1n) is 15.5. The minimum atomic E-state index is -6.04. The number of carbonyl (C=O) groups excluding carboxylic acids is 2. The zero-order valence-corrected chi connectivity index (χ0v) is 28.6. The minimum Gasteiger partial charge on any atom is -0.496 e. The van der Waals surface area contributed by atoms with E-state index in [1.54, 1.807) is 0 Å². The van der Waals surface area contributed by atoms with Crippen LogP contribution in [0.15, 0.2) is 84.9 Å². The molecule has 0 aliphatic heterocycles. The van der Waals surface area contributed by atoms with Crippen LogP contribution in [0.4, 0.5) is 52.7 Å². The lowest BCUT2D eigenvalue weighted by molar-refractivity contribution is -0.288. The summed E-state index contributed by atoms with van der Waals surface area (Å²) in [6.07, 6.45) is -22.8. The average molecular weight is 797 g/mol. The minimum absolute atomic E-state index is 0.180. The summed E-state index contributed by atoms with van der Waals surface area (Å²) in [6, 6.07) is 9.26. The number of methoxy groups -OCH3 is 1. The molecule has 6 nitrogen and oxygen atoms in total. The van der Waals surface area contributed by atoms with Gasteiger partial charge in [-0.2, -0.15) is 52.7 Å². The average Bonchev–Trinajstić information content (AvgIpc) is 3.06. The van der Waals surface area contributed by atoms with Crippen LogP contribution in [0, 0.1) is 0 Å². The van der Waals surface area contributed by atoms with Crippen molar-refractivity contribution in [2.45, 2.75) is 62.1 Å². The summed E-state index contributed by atoms with van der Waals surface area (Å²) in [5.74, 6) is -3.68. The molecule has 18 heteroatoms. The molecule has 2 unspecified atom stereocenters. The Morgan fingerprint density at radius 3 is 1.24 bits per heavy atom. The first-order valence-corrected chi connectivity index (χ1v) is 15.5. The Hall–Kier alpha value is -5.10. The second-order valence-corrected chi connectivity index (χ2v) is 12.6. The fraction of sp³-hybridized carbons (Fsp3) is 0.297. The maximum Gasteiger partial charge on any atom is 0.421 e. The highest BCUT2D eigenvalue weighted by molar-refractivity contribution is 5.94. The number of halogens is 12. The number of hydrogen-bond donors (Lipinski definition) is 2. The molecule has 0 heterocycles. The van der Waals surface area contributed by atoms with E-state index in [1.807, 2.05) is 0 Å². The van der Waals surface area contributed by atoms with E-state index >= 15 is 0 Å². The summed E-state index contributed by atoms with van der Waals surface area (Å²) >= 11 is 0. The van der Waals surface area contributed by atoms with E-state index < -0.39 is 92.4 Å². The number of esters is 1. The van der Waals surface area contributed by atoms with Crippen LogP contribution in [0.2, 0.25) is 0 Å². The highest BCUT2D eigenvalue weighted by Crippen LogP contribution is 2.56. The molecule has 0 saturated heterocycles. The molecule has 2 N–H and O–H groups in total. The maximum absolute atomic E-state index is 14.6. The number of alkyl halides is 12. The van der Waals surface area contributed by atoms with E-state index in [0.717, 1.165) is 50.4 Å². The third-order valence-corrected chi connectivity index (χ3v) is 9.00. The molecule has 0 bridgehead atoms. The highest BCUT2D eigenvalue weighted by Gasteiger charge is 2.72. The van der Waals surface area contributed by atoms with E-state index in [0.29, 0.717) is 55.5 Å². The second kappa shape index (κ2) is 14.2. The Balaban J connectivity index is 1.81. The van der Waals surface area contributed by atoms with Crippen LogP contribution in [0.5, 0.6) is 11.5 Å². The number of rotatable bonds is 9. The predicted molar refractivity (Wildman–Crippen MR) is 170 cm³/mol. The van der Waals surface area contributed by atoms with E-state index in [9.17, 15) is 72.5 Å². The summed E-state index contributed by atoms with van der Waals surface area (Å²) in [6.45, 7) is 1.70. The Kier molecular flexibility index (Phi) is 11.0. The van der Waals surface area contributed by atoms with Crippen LogP contribution in [-0.4, -0.2) is 53.8 Å². The van der Waals surface area contributed by atoms with E-state index in [2.05, 4.69) is 0 Å². The third kappa shape index (κ3) is 7.61. The van der Waals surface area contributed by atoms with Crippen molar-refractivity contribution in [1.29, 1.82) is 0 Å². The van der Waals surface area contributed by atoms with Gasteiger partial charge in [0.15, 0.2) is 17.0 Å². The van der Waals surface area contributed by atoms with Crippen molar-refractivity contribution in [2.75, 3.05) is 7.11 Å². The van der Waals surface area contributed by atoms with Gasteiger partial charge in [-0.05, 0) is 79.4 Å². The molecule has 0 saturated carbocycles. The number of hydrogen-bond acceptors (Lipinski definition) is 6. The van der Waals surface area contributed by atoms with Crippen molar-refractivity contribution < 1.29 is 82.0 Å². The number of benzene rings is 4. The molecule has 4 aromatic rings. The molecule has 4 aromatic carbocycles. The fourth-order valence-electron chi connectivity index (χ4n) is 5.70. The van der Waals surface area contributed by atoms with Crippen LogP contribution in [0.1, 0.15) is 63.7 Å². The lowest BCUT2D eigenvalue weighted by atomic mass is 9.72. The summed E-state index contributed by atoms with van der Waals surface area (Å²) < 4.78 is 181. The van der Waals surface area contributed by atoms with Crippen molar-refractivity contribution in [3.8, 4) is 22.6 Å². The molecule has 0 amide bonds. The van der Waals surface area contributed by atoms with Gasteiger partial charge in [0, 0.05) is 16.7 Å². The molecular formula is C37H28F12O6. The molecule has 0 aliphatic carbocycles. The molecule has 0 radical (unpaired) electrons. The molecule has 0 aliphatic rings. The van der Waals surface area contributed by atoms with Gasteiger partial charge in [0.1, 0.15) is 11.5 Å². The smallest absolute Gasteiger partial charge is 0.421 e. The molecule has 296 valence electrons.